The van der Waals surface area contributed by atoms with Gasteiger partial charge in [0.1, 0.15) is 5.82 Å². The lowest BCUT2D eigenvalue weighted by Gasteiger charge is -2.20. The number of carbonyl (C=O) groups is 1. The van der Waals surface area contributed by atoms with Crippen LogP contribution in [-0.2, 0) is 14.8 Å². The molecule has 5 nitrogen and oxygen atoms in total. The maximum Gasteiger partial charge on any atom is 0.238 e. The summed E-state index contributed by atoms with van der Waals surface area (Å²) in [5.41, 5.74) is -0.0204. The van der Waals surface area contributed by atoms with Crippen molar-refractivity contribution >= 4 is 21.6 Å². The Labute approximate surface area is 117 Å². The van der Waals surface area contributed by atoms with Crippen LogP contribution in [0.5, 0.6) is 0 Å². The molecular formula is C13H17FN2O3S. The Balaban J connectivity index is 2.11. The van der Waals surface area contributed by atoms with Crippen LogP contribution in [0.2, 0.25) is 0 Å². The second kappa shape index (κ2) is 5.88. The molecule has 20 heavy (non-hydrogen) atoms. The molecule has 0 spiro atoms. The van der Waals surface area contributed by atoms with Gasteiger partial charge in [0.05, 0.1) is 10.6 Å². The molecule has 1 aliphatic rings. The third-order valence-electron chi connectivity index (χ3n) is 3.50. The second-order valence-electron chi connectivity index (χ2n) is 5.01. The number of carbonyl (C=O) groups excluding carboxylic acids is 1. The highest BCUT2D eigenvalue weighted by atomic mass is 32.2. The third-order valence-corrected chi connectivity index (χ3v) is 4.41. The molecule has 3 N–H and O–H groups in total. The lowest BCUT2D eigenvalue weighted by atomic mass is 9.88. The summed E-state index contributed by atoms with van der Waals surface area (Å²) >= 11 is 0. The smallest absolute Gasteiger partial charge is 0.238 e. The van der Waals surface area contributed by atoms with Crippen molar-refractivity contribution in [3.05, 3.63) is 24.0 Å². The van der Waals surface area contributed by atoms with Crippen LogP contribution in [0.25, 0.3) is 0 Å². The molecule has 0 atom stereocenters. The van der Waals surface area contributed by atoms with Gasteiger partial charge in [-0.3, -0.25) is 4.79 Å². The van der Waals surface area contributed by atoms with Gasteiger partial charge in [-0.25, -0.2) is 17.9 Å². The SMILES string of the molecule is NS(=O)(=O)c1ccc(NC(=O)C2CCCCC2)c(F)c1. The first-order valence-corrected chi connectivity index (χ1v) is 8.06. The van der Waals surface area contributed by atoms with Crippen molar-refractivity contribution in [2.45, 2.75) is 37.0 Å². The van der Waals surface area contributed by atoms with E-state index in [0.29, 0.717) is 0 Å². The Bertz CT molecular complexity index is 610. The van der Waals surface area contributed by atoms with Crippen LogP contribution in [0.3, 0.4) is 0 Å². The number of hydrogen-bond acceptors (Lipinski definition) is 3. The Kier molecular flexibility index (Phi) is 4.39. The minimum atomic E-state index is -3.94. The molecular weight excluding hydrogens is 283 g/mol. The fraction of sp³-hybridized carbons (Fsp3) is 0.462. The van der Waals surface area contributed by atoms with E-state index in [4.69, 9.17) is 5.14 Å². The zero-order valence-electron chi connectivity index (χ0n) is 10.9. The van der Waals surface area contributed by atoms with Crippen LogP contribution in [0.4, 0.5) is 10.1 Å². The van der Waals surface area contributed by atoms with Crippen molar-refractivity contribution in [2.75, 3.05) is 5.32 Å². The topological polar surface area (TPSA) is 89.3 Å². The number of anilines is 1. The average Bonchev–Trinajstić information content (AvgIpc) is 2.41. The molecule has 0 heterocycles. The largest absolute Gasteiger partial charge is 0.323 e. The molecule has 1 fully saturated rings. The molecule has 0 radical (unpaired) electrons. The zero-order valence-corrected chi connectivity index (χ0v) is 11.7. The van der Waals surface area contributed by atoms with E-state index in [2.05, 4.69) is 5.32 Å². The van der Waals surface area contributed by atoms with Gasteiger partial charge in [-0.05, 0) is 31.0 Å². The Morgan fingerprint density at radius 1 is 1.25 bits per heavy atom. The average molecular weight is 300 g/mol. The minimum Gasteiger partial charge on any atom is -0.323 e. The molecule has 7 heteroatoms. The molecule has 1 amide bonds. The lowest BCUT2D eigenvalue weighted by Crippen LogP contribution is -2.25. The van der Waals surface area contributed by atoms with Gasteiger partial charge in [0.15, 0.2) is 0 Å². The molecule has 1 aromatic rings. The molecule has 1 aromatic carbocycles. The predicted octanol–water partition coefficient (Wildman–Crippen LogP) is 1.99. The number of benzene rings is 1. The first-order valence-electron chi connectivity index (χ1n) is 6.51. The van der Waals surface area contributed by atoms with E-state index in [0.717, 1.165) is 38.2 Å². The number of rotatable bonds is 3. The number of halogens is 1. The predicted molar refractivity (Wildman–Crippen MR) is 73.0 cm³/mol. The summed E-state index contributed by atoms with van der Waals surface area (Å²) in [7, 11) is -3.94. The van der Waals surface area contributed by atoms with Crippen LogP contribution < -0.4 is 10.5 Å². The minimum absolute atomic E-state index is 0.0204. The van der Waals surface area contributed by atoms with Gasteiger partial charge < -0.3 is 5.32 Å². The Morgan fingerprint density at radius 2 is 1.90 bits per heavy atom. The molecule has 2 rings (SSSR count). The Hall–Kier alpha value is -1.47. The summed E-state index contributed by atoms with van der Waals surface area (Å²) < 4.78 is 36.0. The lowest BCUT2D eigenvalue weighted by molar-refractivity contribution is -0.120. The fourth-order valence-electron chi connectivity index (χ4n) is 2.37. The molecule has 0 aromatic heterocycles. The molecule has 0 saturated heterocycles. The van der Waals surface area contributed by atoms with Gasteiger partial charge in [0.25, 0.3) is 0 Å². The maximum atomic E-state index is 13.8. The highest BCUT2D eigenvalue weighted by molar-refractivity contribution is 7.89. The molecule has 1 aliphatic carbocycles. The van der Waals surface area contributed by atoms with E-state index in [-0.39, 0.29) is 22.4 Å². The summed E-state index contributed by atoms with van der Waals surface area (Å²) in [6.45, 7) is 0. The van der Waals surface area contributed by atoms with E-state index < -0.39 is 15.8 Å². The van der Waals surface area contributed by atoms with Crippen molar-refractivity contribution in [1.29, 1.82) is 0 Å². The third kappa shape index (κ3) is 3.55. The first-order chi connectivity index (χ1) is 9.38. The van der Waals surface area contributed by atoms with Gasteiger partial charge >= 0.3 is 0 Å². The summed E-state index contributed by atoms with van der Waals surface area (Å²) in [5, 5.41) is 7.42. The quantitative estimate of drug-likeness (QED) is 0.894. The number of nitrogens with two attached hydrogens (primary N) is 1. The van der Waals surface area contributed by atoms with Gasteiger partial charge in [0, 0.05) is 5.92 Å². The van der Waals surface area contributed by atoms with Crippen molar-refractivity contribution in [1.82, 2.24) is 0 Å². The first kappa shape index (κ1) is 14.9. The van der Waals surface area contributed by atoms with Crippen LogP contribution in [0.1, 0.15) is 32.1 Å². The molecule has 110 valence electrons. The highest BCUT2D eigenvalue weighted by Gasteiger charge is 2.22. The molecule has 0 unspecified atom stereocenters. The van der Waals surface area contributed by atoms with Crippen molar-refractivity contribution in [3.8, 4) is 0 Å². The van der Waals surface area contributed by atoms with Crippen molar-refractivity contribution in [3.63, 3.8) is 0 Å². The summed E-state index contributed by atoms with van der Waals surface area (Å²) in [4.78, 5) is 11.7. The van der Waals surface area contributed by atoms with E-state index in [1.807, 2.05) is 0 Å². The van der Waals surface area contributed by atoms with E-state index >= 15 is 0 Å². The number of primary sulfonamides is 1. The fourth-order valence-corrected chi connectivity index (χ4v) is 2.90. The number of sulfonamides is 1. The summed E-state index contributed by atoms with van der Waals surface area (Å²) in [6.07, 6.45) is 4.75. The number of amides is 1. The second-order valence-corrected chi connectivity index (χ2v) is 6.57. The normalized spacial score (nSPS) is 16.9. The maximum absolute atomic E-state index is 13.8. The standard InChI is InChI=1S/C13H17FN2O3S/c14-11-8-10(20(15,18)19)6-7-12(11)16-13(17)9-4-2-1-3-5-9/h6-9H,1-5H2,(H,16,17)(H2,15,18,19). The zero-order chi connectivity index (χ0) is 14.8. The molecule has 0 bridgehead atoms. The van der Waals surface area contributed by atoms with E-state index in [1.165, 1.54) is 12.1 Å². The van der Waals surface area contributed by atoms with Gasteiger partial charge in [-0.1, -0.05) is 19.3 Å². The monoisotopic (exact) mass is 300 g/mol. The van der Waals surface area contributed by atoms with Crippen LogP contribution in [0, 0.1) is 11.7 Å². The van der Waals surface area contributed by atoms with E-state index in [1.54, 1.807) is 0 Å². The van der Waals surface area contributed by atoms with Crippen molar-refractivity contribution < 1.29 is 17.6 Å². The summed E-state index contributed by atoms with van der Waals surface area (Å²) in [5.74, 6) is -1.12. The van der Waals surface area contributed by atoms with Crippen LogP contribution >= 0.6 is 0 Å². The van der Waals surface area contributed by atoms with E-state index in [9.17, 15) is 17.6 Å². The molecule has 0 aliphatic heterocycles. The van der Waals surface area contributed by atoms with Gasteiger partial charge in [-0.2, -0.15) is 0 Å². The van der Waals surface area contributed by atoms with Crippen LogP contribution in [-0.4, -0.2) is 14.3 Å². The number of hydrogen-bond donors (Lipinski definition) is 2. The molecule has 1 saturated carbocycles. The number of nitrogens with one attached hydrogen (secondary N) is 1. The summed E-state index contributed by atoms with van der Waals surface area (Å²) in [6, 6.07) is 3.20. The highest BCUT2D eigenvalue weighted by Crippen LogP contribution is 2.26. The Morgan fingerprint density at radius 3 is 2.45 bits per heavy atom. The van der Waals surface area contributed by atoms with Crippen molar-refractivity contribution in [2.24, 2.45) is 11.1 Å². The van der Waals surface area contributed by atoms with Gasteiger partial charge in [0.2, 0.25) is 15.9 Å². The van der Waals surface area contributed by atoms with Gasteiger partial charge in [-0.15, -0.1) is 0 Å². The van der Waals surface area contributed by atoms with Crippen LogP contribution in [0.15, 0.2) is 23.1 Å².